The van der Waals surface area contributed by atoms with Crippen molar-refractivity contribution >= 4 is 11.6 Å². The molecule has 1 aliphatic rings. The first-order chi connectivity index (χ1) is 9.55. The molecule has 0 unspecified atom stereocenters. The van der Waals surface area contributed by atoms with Crippen LogP contribution in [0.5, 0.6) is 0 Å². The van der Waals surface area contributed by atoms with Crippen molar-refractivity contribution in [1.82, 2.24) is 4.90 Å². The Morgan fingerprint density at radius 3 is 2.65 bits per heavy atom. The number of hydrogen-bond donors (Lipinski definition) is 2. The molecule has 3 N–H and O–H groups in total. The topological polar surface area (TPSA) is 58.4 Å². The summed E-state index contributed by atoms with van der Waals surface area (Å²) in [5.41, 5.74) is 5.38. The molecule has 1 heterocycles. The van der Waals surface area contributed by atoms with Gasteiger partial charge in [0.1, 0.15) is 0 Å². The summed E-state index contributed by atoms with van der Waals surface area (Å²) in [6.07, 6.45) is 3.36. The van der Waals surface area contributed by atoms with Crippen molar-refractivity contribution < 1.29 is 4.79 Å². The minimum Gasteiger partial charge on any atom is -0.338 e. The standard InChI is InChI=1S/C16H25N3O/c1-4-16(5-2)8-9-19(11-16)15(20)13-10-12(3)6-7-14(13)18-17/h6-7,10,18H,4-5,8-9,11,17H2,1-3H3. The molecule has 0 spiro atoms. The molecule has 1 amide bonds. The second-order valence-corrected chi connectivity index (χ2v) is 5.88. The molecular weight excluding hydrogens is 250 g/mol. The molecule has 0 aliphatic carbocycles. The second-order valence-electron chi connectivity index (χ2n) is 5.88. The van der Waals surface area contributed by atoms with Gasteiger partial charge in [-0.2, -0.15) is 0 Å². The van der Waals surface area contributed by atoms with E-state index in [9.17, 15) is 4.79 Å². The van der Waals surface area contributed by atoms with Gasteiger partial charge in [-0.25, -0.2) is 0 Å². The number of benzene rings is 1. The van der Waals surface area contributed by atoms with Crippen LogP contribution in [0.15, 0.2) is 18.2 Å². The van der Waals surface area contributed by atoms with Crippen molar-refractivity contribution in [2.24, 2.45) is 11.3 Å². The van der Waals surface area contributed by atoms with Gasteiger partial charge in [0.05, 0.1) is 11.3 Å². The number of rotatable bonds is 4. The van der Waals surface area contributed by atoms with Crippen LogP contribution < -0.4 is 11.3 Å². The Hall–Kier alpha value is -1.55. The molecule has 0 saturated carbocycles. The summed E-state index contributed by atoms with van der Waals surface area (Å²) in [5.74, 6) is 5.61. The van der Waals surface area contributed by atoms with E-state index in [1.807, 2.05) is 30.0 Å². The number of amides is 1. The second kappa shape index (κ2) is 5.83. The Balaban J connectivity index is 2.23. The van der Waals surface area contributed by atoms with E-state index in [-0.39, 0.29) is 5.91 Å². The molecule has 1 fully saturated rings. The average Bonchev–Trinajstić information content (AvgIpc) is 2.91. The third-order valence-electron chi connectivity index (χ3n) is 4.79. The fourth-order valence-electron chi connectivity index (χ4n) is 3.07. The zero-order valence-corrected chi connectivity index (χ0v) is 12.7. The Bertz CT molecular complexity index is 494. The minimum atomic E-state index is 0.0884. The van der Waals surface area contributed by atoms with Gasteiger partial charge < -0.3 is 10.3 Å². The molecule has 0 aromatic heterocycles. The average molecular weight is 275 g/mol. The van der Waals surface area contributed by atoms with E-state index in [1.54, 1.807) is 0 Å². The lowest BCUT2D eigenvalue weighted by Gasteiger charge is -2.26. The van der Waals surface area contributed by atoms with E-state index in [0.29, 0.717) is 16.7 Å². The van der Waals surface area contributed by atoms with Gasteiger partial charge in [0.15, 0.2) is 0 Å². The fourth-order valence-corrected chi connectivity index (χ4v) is 3.07. The molecule has 1 aliphatic heterocycles. The lowest BCUT2D eigenvalue weighted by molar-refractivity contribution is 0.0770. The van der Waals surface area contributed by atoms with Crippen molar-refractivity contribution in [3.8, 4) is 0 Å². The summed E-state index contributed by atoms with van der Waals surface area (Å²) in [6, 6.07) is 5.74. The van der Waals surface area contributed by atoms with Crippen molar-refractivity contribution in [3.63, 3.8) is 0 Å². The number of hydrazine groups is 1. The van der Waals surface area contributed by atoms with Gasteiger partial charge in [-0.15, -0.1) is 0 Å². The van der Waals surface area contributed by atoms with Crippen molar-refractivity contribution in [2.45, 2.75) is 40.0 Å². The van der Waals surface area contributed by atoms with E-state index in [4.69, 9.17) is 5.84 Å². The number of aryl methyl sites for hydroxylation is 1. The van der Waals surface area contributed by atoms with E-state index < -0.39 is 0 Å². The largest absolute Gasteiger partial charge is 0.338 e. The number of likely N-dealkylation sites (tertiary alicyclic amines) is 1. The molecule has 2 rings (SSSR count). The van der Waals surface area contributed by atoms with Gasteiger partial charge in [0.2, 0.25) is 0 Å². The zero-order chi connectivity index (χ0) is 14.8. The maximum atomic E-state index is 12.7. The lowest BCUT2D eigenvalue weighted by Crippen LogP contribution is -2.32. The monoisotopic (exact) mass is 275 g/mol. The van der Waals surface area contributed by atoms with Crippen LogP contribution in [0.2, 0.25) is 0 Å². The SMILES string of the molecule is CCC1(CC)CCN(C(=O)c2cc(C)ccc2NN)C1. The lowest BCUT2D eigenvalue weighted by atomic mass is 9.82. The first-order valence-corrected chi connectivity index (χ1v) is 7.42. The van der Waals surface area contributed by atoms with Gasteiger partial charge in [-0.05, 0) is 43.7 Å². The third-order valence-corrected chi connectivity index (χ3v) is 4.79. The van der Waals surface area contributed by atoms with Gasteiger partial charge in [0.25, 0.3) is 5.91 Å². The van der Waals surface area contributed by atoms with Crippen LogP contribution in [0.3, 0.4) is 0 Å². The molecule has 0 radical (unpaired) electrons. The molecule has 20 heavy (non-hydrogen) atoms. The molecule has 0 bridgehead atoms. The van der Waals surface area contributed by atoms with Gasteiger partial charge in [-0.1, -0.05) is 25.5 Å². The highest BCUT2D eigenvalue weighted by Gasteiger charge is 2.37. The molecule has 4 heteroatoms. The van der Waals surface area contributed by atoms with E-state index in [2.05, 4.69) is 19.3 Å². The number of nitrogens with two attached hydrogens (primary N) is 1. The molecule has 1 aromatic carbocycles. The minimum absolute atomic E-state index is 0.0884. The first-order valence-electron chi connectivity index (χ1n) is 7.42. The van der Waals surface area contributed by atoms with Crippen LogP contribution in [-0.2, 0) is 0 Å². The summed E-state index contributed by atoms with van der Waals surface area (Å²) in [4.78, 5) is 14.7. The van der Waals surface area contributed by atoms with Crippen LogP contribution in [-0.4, -0.2) is 23.9 Å². The van der Waals surface area contributed by atoms with Crippen molar-refractivity contribution in [1.29, 1.82) is 0 Å². The molecule has 0 atom stereocenters. The maximum absolute atomic E-state index is 12.7. The van der Waals surface area contributed by atoms with Crippen LogP contribution in [0.25, 0.3) is 0 Å². The van der Waals surface area contributed by atoms with Crippen LogP contribution in [0.1, 0.15) is 49.0 Å². The molecule has 110 valence electrons. The van der Waals surface area contributed by atoms with E-state index in [1.165, 1.54) is 0 Å². The summed E-state index contributed by atoms with van der Waals surface area (Å²) < 4.78 is 0. The molecular formula is C16H25N3O. The quantitative estimate of drug-likeness (QED) is 0.656. The highest BCUT2D eigenvalue weighted by molar-refractivity contribution is 6.00. The predicted molar refractivity (Wildman–Crippen MR) is 82.5 cm³/mol. The fraction of sp³-hybridized carbons (Fsp3) is 0.562. The molecule has 4 nitrogen and oxygen atoms in total. The van der Waals surface area contributed by atoms with E-state index in [0.717, 1.165) is 37.9 Å². The van der Waals surface area contributed by atoms with Gasteiger partial charge in [0, 0.05) is 13.1 Å². The normalized spacial score (nSPS) is 17.3. The number of anilines is 1. The summed E-state index contributed by atoms with van der Waals surface area (Å²) in [6.45, 7) is 8.13. The Morgan fingerprint density at radius 2 is 2.10 bits per heavy atom. The van der Waals surface area contributed by atoms with Crippen LogP contribution in [0.4, 0.5) is 5.69 Å². The number of carbonyl (C=O) groups excluding carboxylic acids is 1. The Labute approximate surface area is 121 Å². The summed E-state index contributed by atoms with van der Waals surface area (Å²) in [7, 11) is 0. The smallest absolute Gasteiger partial charge is 0.256 e. The summed E-state index contributed by atoms with van der Waals surface area (Å²) in [5, 5.41) is 0. The van der Waals surface area contributed by atoms with Crippen LogP contribution in [0, 0.1) is 12.3 Å². The predicted octanol–water partition coefficient (Wildman–Crippen LogP) is 2.93. The third kappa shape index (κ3) is 2.66. The maximum Gasteiger partial charge on any atom is 0.256 e. The van der Waals surface area contributed by atoms with Crippen molar-refractivity contribution in [2.75, 3.05) is 18.5 Å². The molecule has 1 saturated heterocycles. The van der Waals surface area contributed by atoms with E-state index >= 15 is 0 Å². The zero-order valence-electron chi connectivity index (χ0n) is 12.7. The Kier molecular flexibility index (Phi) is 4.33. The van der Waals surface area contributed by atoms with Gasteiger partial charge in [-0.3, -0.25) is 10.6 Å². The number of nitrogens with one attached hydrogen (secondary N) is 1. The van der Waals surface area contributed by atoms with Crippen LogP contribution >= 0.6 is 0 Å². The number of carbonyl (C=O) groups is 1. The van der Waals surface area contributed by atoms with Gasteiger partial charge >= 0.3 is 0 Å². The first kappa shape index (κ1) is 14.9. The highest BCUT2D eigenvalue weighted by atomic mass is 16.2. The number of nitrogen functional groups attached to an aromatic ring is 1. The number of nitrogens with zero attached hydrogens (tertiary/aromatic N) is 1. The highest BCUT2D eigenvalue weighted by Crippen LogP contribution is 2.37. The molecule has 1 aromatic rings. The summed E-state index contributed by atoms with van der Waals surface area (Å²) >= 11 is 0. The number of hydrogen-bond acceptors (Lipinski definition) is 3. The van der Waals surface area contributed by atoms with Crippen molar-refractivity contribution in [3.05, 3.63) is 29.3 Å². The Morgan fingerprint density at radius 1 is 1.40 bits per heavy atom.